The highest BCUT2D eigenvalue weighted by molar-refractivity contribution is 8.05. The van der Waals surface area contributed by atoms with Crippen molar-refractivity contribution in [3.05, 3.63) is 50.5 Å². The molecule has 3 heterocycles. The number of fused-ring (bicyclic) bond motifs is 1. The van der Waals surface area contributed by atoms with E-state index >= 15 is 0 Å². The average Bonchev–Trinajstić information content (AvgIpc) is 3.31. The first-order valence-electron chi connectivity index (χ1n) is 12.3. The molecule has 0 spiro atoms. The van der Waals surface area contributed by atoms with E-state index in [1.54, 1.807) is 12.1 Å². The molecule has 0 aromatic heterocycles. The van der Waals surface area contributed by atoms with Crippen LogP contribution in [0.25, 0.3) is 0 Å². The zero-order valence-electron chi connectivity index (χ0n) is 21.9. The second-order valence-electron chi connectivity index (χ2n) is 11.4. The molecule has 1 N–H and O–H groups in total. The summed E-state index contributed by atoms with van der Waals surface area (Å²) < 4.78 is 6.66. The van der Waals surface area contributed by atoms with Gasteiger partial charge in [-0.05, 0) is 37.0 Å². The van der Waals surface area contributed by atoms with Gasteiger partial charge in [-0.15, -0.1) is 0 Å². The molecular formula is C25H33N3O6S2Si. The topological polar surface area (TPSA) is 119 Å². The number of amides is 2. The van der Waals surface area contributed by atoms with Gasteiger partial charge in [-0.25, -0.2) is 0 Å². The van der Waals surface area contributed by atoms with Crippen LogP contribution in [0.3, 0.4) is 0 Å². The van der Waals surface area contributed by atoms with E-state index in [4.69, 9.17) is 4.43 Å². The number of nitro benzene ring substituents is 1. The van der Waals surface area contributed by atoms with E-state index in [0.717, 1.165) is 5.56 Å². The normalized spacial score (nSPS) is 26.6. The Balaban J connectivity index is 1.76. The predicted octanol–water partition coefficient (Wildman–Crippen LogP) is 4.25. The molecule has 0 saturated carbocycles. The van der Waals surface area contributed by atoms with Gasteiger partial charge < -0.3 is 9.74 Å². The Kier molecular flexibility index (Phi) is 7.19. The van der Waals surface area contributed by atoms with Gasteiger partial charge in [-0.3, -0.25) is 29.4 Å². The average molecular weight is 564 g/mol. The van der Waals surface area contributed by atoms with Gasteiger partial charge in [0, 0.05) is 30.0 Å². The van der Waals surface area contributed by atoms with Gasteiger partial charge in [0.25, 0.3) is 5.69 Å². The minimum atomic E-state index is -2.24. The number of carbonyl (C=O) groups is 3. The third-order valence-corrected chi connectivity index (χ3v) is 14.4. The molecule has 1 unspecified atom stereocenters. The smallest absolute Gasteiger partial charge is 0.269 e. The van der Waals surface area contributed by atoms with Gasteiger partial charge in [-0.2, -0.15) is 0 Å². The molecule has 1 aromatic carbocycles. The van der Waals surface area contributed by atoms with Crippen LogP contribution in [0.2, 0.25) is 18.1 Å². The molecule has 2 amide bonds. The summed E-state index contributed by atoms with van der Waals surface area (Å²) in [6.07, 6.45) is 0.421. The van der Waals surface area contributed by atoms with Gasteiger partial charge in [0.05, 0.1) is 22.9 Å². The van der Waals surface area contributed by atoms with E-state index in [1.807, 2.05) is 6.92 Å². The van der Waals surface area contributed by atoms with Crippen LogP contribution in [0, 0.1) is 22.0 Å². The van der Waals surface area contributed by atoms with E-state index < -0.39 is 41.2 Å². The van der Waals surface area contributed by atoms with Crippen LogP contribution in [-0.2, 0) is 25.2 Å². The monoisotopic (exact) mass is 563 g/mol. The van der Waals surface area contributed by atoms with Crippen molar-refractivity contribution in [3.8, 4) is 0 Å². The standard InChI is InChI=1S/C25H33N3O6S2Si/c1-14(34-37(5,6)24(2,3)4)18-22(30)27-19(23(31)35)20(17-11-12-26-21(17)29)36-25(18,27)13-15-7-9-16(10-8-15)28(32)33/h7-10,14,17-18H,11-13H2,1-6H3,(H,26,29)(H,31,35)/t14-,17?,18+,25-/m1/s1. The van der Waals surface area contributed by atoms with E-state index in [-0.39, 0.29) is 28.2 Å². The zero-order chi connectivity index (χ0) is 27.5. The SMILES string of the molecule is C[C@@H](O[Si](C)(C)C(C)(C)C)[C@H]1C(=O)N2C(C(=O)S)=C(C3CCNC3=O)S[C@]12Cc1ccc([N+](=O)[O-])cc1. The summed E-state index contributed by atoms with van der Waals surface area (Å²) >= 11 is 5.48. The third kappa shape index (κ3) is 4.66. The maximum Gasteiger partial charge on any atom is 0.269 e. The van der Waals surface area contributed by atoms with Crippen molar-refractivity contribution in [1.82, 2.24) is 10.2 Å². The van der Waals surface area contributed by atoms with Crippen LogP contribution in [0.1, 0.15) is 39.7 Å². The van der Waals surface area contributed by atoms with Crippen LogP contribution in [0.15, 0.2) is 34.9 Å². The number of β-lactam (4-membered cyclic amide) rings is 1. The number of hydrogen-bond donors (Lipinski definition) is 2. The number of thioether (sulfide) groups is 1. The van der Waals surface area contributed by atoms with Crippen molar-refractivity contribution < 1.29 is 23.7 Å². The molecular weight excluding hydrogens is 531 g/mol. The summed E-state index contributed by atoms with van der Waals surface area (Å²) in [5.41, 5.74) is 0.919. The molecule has 0 radical (unpaired) electrons. The Morgan fingerprint density at radius 2 is 1.95 bits per heavy atom. The summed E-state index contributed by atoms with van der Waals surface area (Å²) in [4.78, 5) is 51.0. The lowest BCUT2D eigenvalue weighted by Gasteiger charge is -2.56. The summed E-state index contributed by atoms with van der Waals surface area (Å²) in [6, 6.07) is 6.22. The second-order valence-corrected chi connectivity index (χ2v) is 17.9. The molecule has 2 saturated heterocycles. The number of nitrogens with zero attached hydrogens (tertiary/aromatic N) is 2. The predicted molar refractivity (Wildman–Crippen MR) is 147 cm³/mol. The molecule has 0 aliphatic carbocycles. The van der Waals surface area contributed by atoms with E-state index in [1.165, 1.54) is 28.8 Å². The Hall–Kier alpha value is -2.15. The molecule has 3 aliphatic rings. The Morgan fingerprint density at radius 3 is 2.43 bits per heavy atom. The number of benzene rings is 1. The molecule has 200 valence electrons. The minimum absolute atomic E-state index is 0.0271. The van der Waals surface area contributed by atoms with E-state index in [9.17, 15) is 24.5 Å². The number of rotatable bonds is 8. The molecule has 4 atom stereocenters. The molecule has 9 nitrogen and oxygen atoms in total. The fourth-order valence-electron chi connectivity index (χ4n) is 5.16. The number of nitrogens with one attached hydrogen (secondary N) is 1. The lowest BCUT2D eigenvalue weighted by molar-refractivity contribution is -0.384. The van der Waals surface area contributed by atoms with Crippen LogP contribution < -0.4 is 5.32 Å². The number of thiol groups is 1. The van der Waals surface area contributed by atoms with Crippen molar-refractivity contribution in [3.63, 3.8) is 0 Å². The molecule has 2 fully saturated rings. The fraction of sp³-hybridized carbons (Fsp3) is 0.560. The second kappa shape index (κ2) is 9.55. The number of nitro groups is 1. The van der Waals surface area contributed by atoms with Gasteiger partial charge >= 0.3 is 0 Å². The van der Waals surface area contributed by atoms with Crippen molar-refractivity contribution in [2.75, 3.05) is 6.54 Å². The minimum Gasteiger partial charge on any atom is -0.413 e. The number of carbonyl (C=O) groups excluding carboxylic acids is 3. The van der Waals surface area contributed by atoms with Crippen LogP contribution in [0.5, 0.6) is 0 Å². The maximum absolute atomic E-state index is 13.8. The molecule has 0 bridgehead atoms. The summed E-state index contributed by atoms with van der Waals surface area (Å²) in [6.45, 7) is 13.1. The molecule has 3 aliphatic heterocycles. The summed E-state index contributed by atoms with van der Waals surface area (Å²) in [5, 5.41) is 13.4. The van der Waals surface area contributed by atoms with Gasteiger partial charge in [0.2, 0.25) is 16.9 Å². The molecule has 4 rings (SSSR count). The highest BCUT2D eigenvalue weighted by atomic mass is 32.2. The van der Waals surface area contributed by atoms with E-state index in [2.05, 4.69) is 51.8 Å². The zero-order valence-corrected chi connectivity index (χ0v) is 24.6. The molecule has 12 heteroatoms. The highest BCUT2D eigenvalue weighted by Crippen LogP contribution is 2.63. The van der Waals surface area contributed by atoms with Crippen molar-refractivity contribution in [2.45, 2.75) is 69.6 Å². The van der Waals surface area contributed by atoms with Crippen molar-refractivity contribution in [1.29, 1.82) is 0 Å². The largest absolute Gasteiger partial charge is 0.413 e. The first-order valence-corrected chi connectivity index (χ1v) is 16.5. The Bertz CT molecular complexity index is 1200. The lowest BCUT2D eigenvalue weighted by atomic mass is 9.78. The van der Waals surface area contributed by atoms with Crippen molar-refractivity contribution in [2.24, 2.45) is 11.8 Å². The fourth-order valence-corrected chi connectivity index (χ4v) is 8.84. The number of hydrogen-bond acceptors (Lipinski definition) is 7. The molecule has 37 heavy (non-hydrogen) atoms. The quantitative estimate of drug-likeness (QED) is 0.160. The maximum atomic E-state index is 13.8. The van der Waals surface area contributed by atoms with E-state index in [0.29, 0.717) is 24.3 Å². The Labute approximate surface area is 227 Å². The first-order chi connectivity index (χ1) is 17.1. The highest BCUT2D eigenvalue weighted by Gasteiger charge is 2.69. The van der Waals surface area contributed by atoms with Crippen LogP contribution >= 0.6 is 24.4 Å². The summed E-state index contributed by atoms with van der Waals surface area (Å²) in [5.74, 6) is -1.50. The summed E-state index contributed by atoms with van der Waals surface area (Å²) in [7, 11) is -2.24. The van der Waals surface area contributed by atoms with Gasteiger partial charge in [-0.1, -0.05) is 57.3 Å². The van der Waals surface area contributed by atoms with Crippen molar-refractivity contribution >= 4 is 55.3 Å². The lowest BCUT2D eigenvalue weighted by Crippen LogP contribution is -2.71. The third-order valence-electron chi connectivity index (χ3n) is 8.02. The number of non-ortho nitro benzene ring substituents is 1. The van der Waals surface area contributed by atoms with Crippen LogP contribution in [-0.4, -0.2) is 52.6 Å². The van der Waals surface area contributed by atoms with Crippen LogP contribution in [0.4, 0.5) is 5.69 Å². The molecule has 1 aromatic rings. The first kappa shape index (κ1) is 27.9. The van der Waals surface area contributed by atoms with Gasteiger partial charge in [0.15, 0.2) is 8.32 Å². The Morgan fingerprint density at radius 1 is 1.32 bits per heavy atom. The van der Waals surface area contributed by atoms with Gasteiger partial charge in [0.1, 0.15) is 10.6 Å².